The molecule has 20 heavy (non-hydrogen) atoms. The quantitative estimate of drug-likeness (QED) is 0.407. The summed E-state index contributed by atoms with van der Waals surface area (Å²) in [4.78, 5) is 10.2. The number of rotatable bonds is 1. The molecule has 0 fully saturated rings. The molecule has 0 N–H and O–H groups in total. The van der Waals surface area contributed by atoms with Gasteiger partial charge in [0.2, 0.25) is 0 Å². The molecule has 110 valence electrons. The number of esters is 1. The highest BCUT2D eigenvalue weighted by Crippen LogP contribution is 1.98. The van der Waals surface area contributed by atoms with E-state index in [4.69, 9.17) is 33.7 Å². The van der Waals surface area contributed by atoms with Gasteiger partial charge in [-0.25, -0.2) is 4.79 Å². The zero-order valence-electron chi connectivity index (χ0n) is 11.9. The van der Waals surface area contributed by atoms with Crippen LogP contribution < -0.4 is 0 Å². The van der Waals surface area contributed by atoms with Gasteiger partial charge in [-0.1, -0.05) is 49.5 Å². The summed E-state index contributed by atoms with van der Waals surface area (Å²) in [6.45, 7) is 16.1. The molecular formula is C14H18Cl2N2O2. The van der Waals surface area contributed by atoms with Crippen molar-refractivity contribution < 1.29 is 9.53 Å². The topological polar surface area (TPSA) is 73.9 Å². The maximum absolute atomic E-state index is 10.2. The zero-order chi connectivity index (χ0) is 17.1. The fraction of sp³-hybridized carbons (Fsp3) is 0.214. The van der Waals surface area contributed by atoms with Crippen LogP contribution in [-0.2, 0) is 9.53 Å². The summed E-state index contributed by atoms with van der Waals surface area (Å²) in [5.74, 6) is -0.347. The van der Waals surface area contributed by atoms with Crippen LogP contribution in [0.2, 0.25) is 0 Å². The molecule has 0 aliphatic rings. The highest BCUT2D eigenvalue weighted by atomic mass is 35.5. The molecule has 0 amide bonds. The molecule has 0 saturated heterocycles. The van der Waals surface area contributed by atoms with E-state index in [0.717, 1.165) is 0 Å². The van der Waals surface area contributed by atoms with Gasteiger partial charge in [-0.2, -0.15) is 10.5 Å². The van der Waals surface area contributed by atoms with Crippen molar-refractivity contribution >= 4 is 29.2 Å². The lowest BCUT2D eigenvalue weighted by Crippen LogP contribution is -1.98. The van der Waals surface area contributed by atoms with E-state index in [9.17, 15) is 4.79 Å². The maximum atomic E-state index is 10.2. The summed E-state index contributed by atoms with van der Waals surface area (Å²) in [6.07, 6.45) is 1.18. The van der Waals surface area contributed by atoms with Crippen LogP contribution in [0.4, 0.5) is 0 Å². The fourth-order valence-corrected chi connectivity index (χ4v) is 0.174. The Bertz CT molecular complexity index is 412. The first kappa shape index (κ1) is 26.5. The third-order valence-corrected chi connectivity index (χ3v) is 0.816. The number of ether oxygens (including phenoxy) is 1. The highest BCUT2D eigenvalue weighted by Gasteiger charge is 1.95. The van der Waals surface area contributed by atoms with E-state index in [1.54, 1.807) is 19.9 Å². The Balaban J connectivity index is -0.0000000883. The Labute approximate surface area is 130 Å². The molecule has 0 aromatic carbocycles. The smallest absolute Gasteiger partial charge is 0.332 e. The first-order chi connectivity index (χ1) is 9.10. The summed E-state index contributed by atoms with van der Waals surface area (Å²) < 4.78 is 4.38. The van der Waals surface area contributed by atoms with Crippen LogP contribution >= 0.6 is 23.2 Å². The normalized spacial score (nSPS) is 6.15. The van der Waals surface area contributed by atoms with Crippen molar-refractivity contribution in [1.82, 2.24) is 0 Å². The Morgan fingerprint density at radius 2 is 1.45 bits per heavy atom. The van der Waals surface area contributed by atoms with Crippen LogP contribution in [-0.4, -0.2) is 13.1 Å². The monoisotopic (exact) mass is 316 g/mol. The molecule has 6 heteroatoms. The SMILES string of the molecule is C=C(C)C#N.C=C(C)C(=O)OC.C=C(Cl)Cl.C=CC#N. The number of hydrogen-bond acceptors (Lipinski definition) is 4. The lowest BCUT2D eigenvalue weighted by molar-refractivity contribution is -0.136. The van der Waals surface area contributed by atoms with E-state index in [2.05, 4.69) is 31.1 Å². The number of carbonyl (C=O) groups excluding carboxylic acids is 1. The Kier molecular flexibility index (Phi) is 29.4. The molecule has 0 saturated carbocycles. The van der Waals surface area contributed by atoms with Crippen LogP contribution in [0.1, 0.15) is 13.8 Å². The number of carbonyl (C=O) groups is 1. The summed E-state index contributed by atoms with van der Waals surface area (Å²) in [5, 5.41) is 15.3. The molecule has 0 bridgehead atoms. The van der Waals surface area contributed by atoms with Crippen molar-refractivity contribution in [2.24, 2.45) is 0 Å². The van der Waals surface area contributed by atoms with Crippen molar-refractivity contribution in [3.63, 3.8) is 0 Å². The molecule has 0 radical (unpaired) electrons. The van der Waals surface area contributed by atoms with E-state index in [1.807, 2.05) is 6.07 Å². The predicted octanol–water partition coefficient (Wildman–Crippen LogP) is 4.45. The predicted molar refractivity (Wildman–Crippen MR) is 83.9 cm³/mol. The number of nitriles is 2. The molecule has 0 heterocycles. The minimum absolute atomic E-state index is 0.111. The minimum atomic E-state index is -0.347. The number of nitrogens with zero attached hydrogens (tertiary/aromatic N) is 2. The highest BCUT2D eigenvalue weighted by molar-refractivity contribution is 6.55. The zero-order valence-corrected chi connectivity index (χ0v) is 13.4. The van der Waals surface area contributed by atoms with Crippen molar-refractivity contribution in [1.29, 1.82) is 10.5 Å². The second kappa shape index (κ2) is 22.2. The van der Waals surface area contributed by atoms with Gasteiger partial charge in [-0.15, -0.1) is 0 Å². The second-order valence-corrected chi connectivity index (χ2v) is 3.94. The number of hydrogen-bond donors (Lipinski definition) is 0. The third-order valence-electron chi connectivity index (χ3n) is 0.816. The molecule has 0 spiro atoms. The average molecular weight is 317 g/mol. The van der Waals surface area contributed by atoms with Gasteiger partial charge in [0.05, 0.1) is 23.7 Å². The van der Waals surface area contributed by atoms with Gasteiger partial charge in [-0.3, -0.25) is 0 Å². The molecule has 0 aromatic heterocycles. The molecular weight excluding hydrogens is 299 g/mol. The third kappa shape index (κ3) is 73.5. The first-order valence-corrected chi connectivity index (χ1v) is 5.66. The Hall–Kier alpha value is -2.01. The van der Waals surface area contributed by atoms with Crippen LogP contribution in [0, 0.1) is 22.7 Å². The van der Waals surface area contributed by atoms with Gasteiger partial charge < -0.3 is 4.74 Å². The van der Waals surface area contributed by atoms with E-state index in [-0.39, 0.29) is 10.5 Å². The van der Waals surface area contributed by atoms with Crippen molar-refractivity contribution in [2.75, 3.05) is 7.11 Å². The number of halogens is 2. The van der Waals surface area contributed by atoms with E-state index in [0.29, 0.717) is 11.1 Å². The first-order valence-electron chi connectivity index (χ1n) is 4.90. The van der Waals surface area contributed by atoms with Crippen LogP contribution in [0.15, 0.2) is 48.0 Å². The Morgan fingerprint density at radius 1 is 1.20 bits per heavy atom. The van der Waals surface area contributed by atoms with E-state index < -0.39 is 0 Å². The van der Waals surface area contributed by atoms with Gasteiger partial charge in [0.25, 0.3) is 0 Å². The summed E-state index contributed by atoms with van der Waals surface area (Å²) in [5.41, 5.74) is 0.993. The van der Waals surface area contributed by atoms with Crippen molar-refractivity contribution in [3.8, 4) is 12.1 Å². The standard InChI is InChI=1S/C5H8O2.C4H5N.C3H3N.C2H2Cl2/c1-4(2)5(6)7-3;1-4(2)3-5;1-2-3-4;1-2(3)4/h1H2,2-3H3;1H2,2H3;2H,1H2;1H2. The molecule has 4 nitrogen and oxygen atoms in total. The largest absolute Gasteiger partial charge is 0.466 e. The average Bonchev–Trinajstić information content (AvgIpc) is 2.37. The number of allylic oxidation sites excluding steroid dienone is 2. The molecule has 0 aliphatic carbocycles. The molecule has 0 aliphatic heterocycles. The second-order valence-electron chi connectivity index (χ2n) is 2.84. The molecule has 0 unspecified atom stereocenters. The molecule has 0 atom stereocenters. The Morgan fingerprint density at radius 3 is 1.45 bits per heavy atom. The van der Waals surface area contributed by atoms with Crippen molar-refractivity contribution in [2.45, 2.75) is 13.8 Å². The summed E-state index contributed by atoms with van der Waals surface area (Å²) >= 11 is 9.69. The minimum Gasteiger partial charge on any atom is -0.466 e. The lowest BCUT2D eigenvalue weighted by Gasteiger charge is -1.91. The molecule has 0 aromatic rings. The van der Waals surface area contributed by atoms with E-state index in [1.165, 1.54) is 13.2 Å². The van der Waals surface area contributed by atoms with Crippen LogP contribution in [0.25, 0.3) is 0 Å². The summed E-state index contributed by atoms with van der Waals surface area (Å²) in [6, 6.07) is 3.53. The lowest BCUT2D eigenvalue weighted by atomic mass is 10.4. The maximum Gasteiger partial charge on any atom is 0.332 e. The van der Waals surface area contributed by atoms with E-state index >= 15 is 0 Å². The van der Waals surface area contributed by atoms with Gasteiger partial charge in [0.15, 0.2) is 0 Å². The van der Waals surface area contributed by atoms with Crippen molar-refractivity contribution in [3.05, 3.63) is 48.0 Å². The van der Waals surface area contributed by atoms with Gasteiger partial charge in [0.1, 0.15) is 0 Å². The number of methoxy groups -OCH3 is 1. The van der Waals surface area contributed by atoms with Gasteiger partial charge in [0, 0.05) is 17.2 Å². The van der Waals surface area contributed by atoms with Crippen LogP contribution in [0.3, 0.4) is 0 Å². The fourth-order valence-electron chi connectivity index (χ4n) is 0.174. The van der Waals surface area contributed by atoms with Crippen LogP contribution in [0.5, 0.6) is 0 Å². The molecule has 0 rings (SSSR count). The van der Waals surface area contributed by atoms with Gasteiger partial charge >= 0.3 is 5.97 Å². The van der Waals surface area contributed by atoms with Gasteiger partial charge in [-0.05, 0) is 13.8 Å². The summed E-state index contributed by atoms with van der Waals surface area (Å²) in [7, 11) is 1.33.